The molecule has 8 heteroatoms. The number of benzene rings is 1. The molecule has 1 aromatic carbocycles. The van der Waals surface area contributed by atoms with Crippen LogP contribution in [-0.4, -0.2) is 37.4 Å². The topological polar surface area (TPSA) is 77.0 Å². The van der Waals surface area contributed by atoms with E-state index in [1.54, 1.807) is 0 Å². The smallest absolute Gasteiger partial charge is 0.231 e. The molecule has 2 heterocycles. The van der Waals surface area contributed by atoms with Crippen molar-refractivity contribution < 1.29 is 14.2 Å². The van der Waals surface area contributed by atoms with Crippen LogP contribution in [0.15, 0.2) is 41.5 Å². The number of nitrogens with one attached hydrogen (secondary N) is 2. The average molecular weight is 524 g/mol. The van der Waals surface area contributed by atoms with E-state index < -0.39 is 0 Å². The van der Waals surface area contributed by atoms with Gasteiger partial charge in [0.25, 0.3) is 0 Å². The van der Waals surface area contributed by atoms with Crippen molar-refractivity contribution in [1.29, 1.82) is 0 Å². The van der Waals surface area contributed by atoms with Crippen LogP contribution in [0.4, 0.5) is 0 Å². The monoisotopic (exact) mass is 524 g/mol. The molecule has 0 radical (unpaired) electrons. The Labute approximate surface area is 194 Å². The van der Waals surface area contributed by atoms with Gasteiger partial charge in [-0.3, -0.25) is 0 Å². The highest BCUT2D eigenvalue weighted by molar-refractivity contribution is 14.0. The molecule has 1 aromatic heterocycles. The number of aromatic nitrogens is 1. The minimum atomic E-state index is 0. The van der Waals surface area contributed by atoms with E-state index in [0.29, 0.717) is 19.2 Å². The fourth-order valence-corrected chi connectivity index (χ4v) is 3.01. The second kappa shape index (κ2) is 11.2. The minimum Gasteiger partial charge on any atom is -0.477 e. The zero-order chi connectivity index (χ0) is 19.9. The molecular formula is C22H29IN4O3. The largest absolute Gasteiger partial charge is 0.477 e. The van der Waals surface area contributed by atoms with E-state index in [1.807, 2.05) is 30.5 Å². The average Bonchev–Trinajstić information content (AvgIpc) is 3.46. The molecule has 0 atom stereocenters. The van der Waals surface area contributed by atoms with Crippen LogP contribution in [0.1, 0.15) is 30.9 Å². The van der Waals surface area contributed by atoms with Gasteiger partial charge in [-0.15, -0.1) is 24.0 Å². The molecule has 2 aliphatic rings. The van der Waals surface area contributed by atoms with Crippen molar-refractivity contribution in [2.45, 2.75) is 32.7 Å². The van der Waals surface area contributed by atoms with E-state index in [-0.39, 0.29) is 24.0 Å². The third-order valence-electron chi connectivity index (χ3n) is 4.87. The summed E-state index contributed by atoms with van der Waals surface area (Å²) in [7, 11) is 0. The van der Waals surface area contributed by atoms with E-state index in [1.165, 1.54) is 18.4 Å². The van der Waals surface area contributed by atoms with Gasteiger partial charge in [-0.2, -0.15) is 0 Å². The number of hydrogen-bond donors (Lipinski definition) is 2. The van der Waals surface area contributed by atoms with Gasteiger partial charge in [0.15, 0.2) is 17.5 Å². The van der Waals surface area contributed by atoms with E-state index in [9.17, 15) is 0 Å². The van der Waals surface area contributed by atoms with E-state index >= 15 is 0 Å². The number of ether oxygens (including phenoxy) is 3. The number of nitrogens with zero attached hydrogens (tertiary/aromatic N) is 2. The molecule has 162 valence electrons. The molecule has 0 amide bonds. The maximum absolute atomic E-state index is 5.68. The second-order valence-corrected chi connectivity index (χ2v) is 7.32. The molecule has 1 saturated carbocycles. The van der Waals surface area contributed by atoms with Gasteiger partial charge >= 0.3 is 0 Å². The fourth-order valence-electron chi connectivity index (χ4n) is 3.01. The zero-order valence-corrected chi connectivity index (χ0v) is 19.6. The zero-order valence-electron chi connectivity index (χ0n) is 17.2. The van der Waals surface area contributed by atoms with Gasteiger partial charge in [-0.25, -0.2) is 9.98 Å². The van der Waals surface area contributed by atoms with Gasteiger partial charge in [-0.05, 0) is 55.4 Å². The van der Waals surface area contributed by atoms with Crippen molar-refractivity contribution in [1.82, 2.24) is 15.6 Å². The third-order valence-corrected chi connectivity index (χ3v) is 4.87. The molecule has 0 bridgehead atoms. The normalized spacial score (nSPS) is 14.8. The molecular weight excluding hydrogens is 495 g/mol. The molecule has 0 spiro atoms. The van der Waals surface area contributed by atoms with Crippen molar-refractivity contribution in [3.8, 4) is 17.4 Å². The lowest BCUT2D eigenvalue weighted by Crippen LogP contribution is -2.38. The summed E-state index contributed by atoms with van der Waals surface area (Å²) in [6, 6.07) is 10.0. The Kier molecular flexibility index (Phi) is 8.41. The van der Waals surface area contributed by atoms with Gasteiger partial charge in [0.05, 0.1) is 13.2 Å². The SMILES string of the molecule is CCNC(=NCc1ccc(OCC2CC2)nc1)NCCc1ccc2c(c1)OCO2.I. The number of aliphatic imine (C=N–C) groups is 1. The van der Waals surface area contributed by atoms with Gasteiger partial charge < -0.3 is 24.8 Å². The van der Waals surface area contributed by atoms with Crippen molar-refractivity contribution in [2.75, 3.05) is 26.5 Å². The van der Waals surface area contributed by atoms with Gasteiger partial charge in [0, 0.05) is 25.4 Å². The number of rotatable bonds is 9. The summed E-state index contributed by atoms with van der Waals surface area (Å²) in [6.07, 6.45) is 5.26. The molecule has 2 N–H and O–H groups in total. The van der Waals surface area contributed by atoms with Crippen molar-refractivity contribution in [2.24, 2.45) is 10.9 Å². The molecule has 4 rings (SSSR count). The predicted octanol–water partition coefficient (Wildman–Crippen LogP) is 3.51. The minimum absolute atomic E-state index is 0. The van der Waals surface area contributed by atoms with Crippen molar-refractivity contribution >= 4 is 29.9 Å². The summed E-state index contributed by atoms with van der Waals surface area (Å²) >= 11 is 0. The van der Waals surface area contributed by atoms with Gasteiger partial charge in [0.1, 0.15) is 0 Å². The number of halogens is 1. The Morgan fingerprint density at radius 3 is 2.73 bits per heavy atom. The van der Waals surface area contributed by atoms with Crippen molar-refractivity contribution in [3.63, 3.8) is 0 Å². The summed E-state index contributed by atoms with van der Waals surface area (Å²) in [5, 5.41) is 6.66. The first kappa shape index (κ1) is 22.5. The Morgan fingerprint density at radius 1 is 1.13 bits per heavy atom. The molecule has 2 aromatic rings. The Hall–Kier alpha value is -2.23. The van der Waals surface area contributed by atoms with E-state index in [2.05, 4.69) is 33.6 Å². The summed E-state index contributed by atoms with van der Waals surface area (Å²) in [5.74, 6) is 3.85. The second-order valence-electron chi connectivity index (χ2n) is 7.32. The standard InChI is InChI=1S/C22H28N4O3.HI/c1-2-23-22(24-10-9-16-5-7-19-20(11-16)29-15-28-19)26-13-18-6-8-21(25-12-18)27-14-17-3-4-17;/h5-8,11-12,17H,2-4,9-10,13-15H2,1H3,(H2,23,24,26);1H. The summed E-state index contributed by atoms with van der Waals surface area (Å²) in [5.41, 5.74) is 2.25. The van der Waals surface area contributed by atoms with Crippen LogP contribution < -0.4 is 24.8 Å². The molecule has 7 nitrogen and oxygen atoms in total. The van der Waals surface area contributed by atoms with Crippen LogP contribution in [0, 0.1) is 5.92 Å². The Balaban J connectivity index is 0.00000256. The maximum Gasteiger partial charge on any atom is 0.231 e. The molecule has 1 fully saturated rings. The van der Waals surface area contributed by atoms with E-state index in [4.69, 9.17) is 14.2 Å². The number of guanidine groups is 1. The Bertz CT molecular complexity index is 841. The summed E-state index contributed by atoms with van der Waals surface area (Å²) in [6.45, 7) is 5.29. The lowest BCUT2D eigenvalue weighted by Gasteiger charge is -2.11. The van der Waals surface area contributed by atoms with Crippen molar-refractivity contribution in [3.05, 3.63) is 47.7 Å². The molecule has 1 aliphatic heterocycles. The highest BCUT2D eigenvalue weighted by atomic mass is 127. The lowest BCUT2D eigenvalue weighted by atomic mass is 10.1. The number of fused-ring (bicyclic) bond motifs is 1. The summed E-state index contributed by atoms with van der Waals surface area (Å²) in [4.78, 5) is 9.03. The third kappa shape index (κ3) is 6.65. The number of pyridine rings is 1. The first-order valence-corrected chi connectivity index (χ1v) is 10.3. The highest BCUT2D eigenvalue weighted by Crippen LogP contribution is 2.32. The number of hydrogen-bond acceptors (Lipinski definition) is 5. The van der Waals surface area contributed by atoms with E-state index in [0.717, 1.165) is 55.1 Å². The van der Waals surface area contributed by atoms with Crippen LogP contribution in [0.2, 0.25) is 0 Å². The molecule has 30 heavy (non-hydrogen) atoms. The van der Waals surface area contributed by atoms with Crippen LogP contribution in [0.3, 0.4) is 0 Å². The first-order chi connectivity index (χ1) is 14.3. The first-order valence-electron chi connectivity index (χ1n) is 10.3. The lowest BCUT2D eigenvalue weighted by molar-refractivity contribution is 0.174. The van der Waals surface area contributed by atoms with Crippen LogP contribution in [0.5, 0.6) is 17.4 Å². The quantitative estimate of drug-likeness (QED) is 0.297. The van der Waals surface area contributed by atoms with Crippen LogP contribution >= 0.6 is 24.0 Å². The van der Waals surface area contributed by atoms with Gasteiger partial charge in [-0.1, -0.05) is 12.1 Å². The fraction of sp³-hybridized carbons (Fsp3) is 0.455. The maximum atomic E-state index is 5.68. The summed E-state index contributed by atoms with van der Waals surface area (Å²) < 4.78 is 16.5. The molecule has 0 unspecified atom stereocenters. The molecule has 0 saturated heterocycles. The molecule has 1 aliphatic carbocycles. The highest BCUT2D eigenvalue weighted by Gasteiger charge is 2.22. The predicted molar refractivity (Wildman–Crippen MR) is 127 cm³/mol. The van der Waals surface area contributed by atoms with Crippen LogP contribution in [0.25, 0.3) is 0 Å². The van der Waals surface area contributed by atoms with Gasteiger partial charge in [0.2, 0.25) is 12.7 Å². The van der Waals surface area contributed by atoms with Crippen LogP contribution in [-0.2, 0) is 13.0 Å². The Morgan fingerprint density at radius 2 is 1.97 bits per heavy atom.